The van der Waals surface area contributed by atoms with Crippen LogP contribution in [-0.2, 0) is 0 Å². The first-order valence-electron chi connectivity index (χ1n) is 5.05. The number of aliphatic hydroxyl groups excluding tert-OH is 3. The van der Waals surface area contributed by atoms with Gasteiger partial charge in [0.1, 0.15) is 0 Å². The van der Waals surface area contributed by atoms with Crippen LogP contribution in [0, 0.1) is 5.41 Å². The van der Waals surface area contributed by atoms with Gasteiger partial charge >= 0.3 is 0 Å². The van der Waals surface area contributed by atoms with Gasteiger partial charge in [-0.05, 0) is 11.8 Å². The van der Waals surface area contributed by atoms with Crippen molar-refractivity contribution >= 4 is 0 Å². The molecular weight excluding hydrogens is 182 g/mol. The van der Waals surface area contributed by atoms with Crippen LogP contribution in [0.15, 0.2) is 0 Å². The molecule has 0 saturated carbocycles. The summed E-state index contributed by atoms with van der Waals surface area (Å²) >= 11 is 0. The Morgan fingerprint density at radius 1 is 1.21 bits per heavy atom. The van der Waals surface area contributed by atoms with Crippen LogP contribution in [0.25, 0.3) is 0 Å². The molecule has 4 heteroatoms. The van der Waals surface area contributed by atoms with E-state index in [0.717, 1.165) is 0 Å². The van der Waals surface area contributed by atoms with Gasteiger partial charge in [0, 0.05) is 19.2 Å². The smallest absolute Gasteiger partial charge is 0.0895 e. The lowest BCUT2D eigenvalue weighted by Crippen LogP contribution is -2.44. The third-order valence-electron chi connectivity index (χ3n) is 2.27. The first kappa shape index (κ1) is 13.8. The Morgan fingerprint density at radius 3 is 2.14 bits per heavy atom. The highest BCUT2D eigenvalue weighted by molar-refractivity contribution is 4.80. The molecule has 0 aliphatic rings. The zero-order valence-corrected chi connectivity index (χ0v) is 9.32. The quantitative estimate of drug-likeness (QED) is 0.481. The number of hydrogen-bond donors (Lipinski definition) is 4. The second-order valence-corrected chi connectivity index (χ2v) is 4.68. The Kier molecular flexibility index (Phi) is 6.27. The first-order valence-corrected chi connectivity index (χ1v) is 5.05. The molecule has 4 N–H and O–H groups in total. The Labute approximate surface area is 86.0 Å². The van der Waals surface area contributed by atoms with E-state index in [0.29, 0.717) is 13.0 Å². The summed E-state index contributed by atoms with van der Waals surface area (Å²) in [7, 11) is 0. The van der Waals surface area contributed by atoms with Crippen molar-refractivity contribution in [3.63, 3.8) is 0 Å². The fraction of sp³-hybridized carbons (Fsp3) is 1.00. The van der Waals surface area contributed by atoms with Crippen molar-refractivity contribution in [2.45, 2.75) is 39.3 Å². The molecule has 0 saturated heterocycles. The zero-order chi connectivity index (χ0) is 11.2. The van der Waals surface area contributed by atoms with Crippen LogP contribution in [0.5, 0.6) is 0 Å². The Bertz CT molecular complexity index is 145. The molecule has 86 valence electrons. The lowest BCUT2D eigenvalue weighted by atomic mass is 9.85. The number of hydrogen-bond acceptors (Lipinski definition) is 4. The van der Waals surface area contributed by atoms with E-state index in [1.54, 1.807) is 0 Å². The van der Waals surface area contributed by atoms with E-state index in [4.69, 9.17) is 15.3 Å². The molecule has 14 heavy (non-hydrogen) atoms. The van der Waals surface area contributed by atoms with Crippen molar-refractivity contribution in [2.75, 3.05) is 19.8 Å². The van der Waals surface area contributed by atoms with E-state index >= 15 is 0 Å². The lowest BCUT2D eigenvalue weighted by Gasteiger charge is -2.31. The first-order chi connectivity index (χ1) is 6.41. The van der Waals surface area contributed by atoms with Gasteiger partial charge in [-0.15, -0.1) is 0 Å². The van der Waals surface area contributed by atoms with E-state index in [9.17, 15) is 0 Å². The van der Waals surface area contributed by atoms with E-state index < -0.39 is 6.10 Å². The molecule has 0 radical (unpaired) electrons. The van der Waals surface area contributed by atoms with E-state index in [2.05, 4.69) is 26.1 Å². The van der Waals surface area contributed by atoms with Gasteiger partial charge in [-0.1, -0.05) is 20.8 Å². The average Bonchev–Trinajstić information content (AvgIpc) is 2.09. The Hall–Kier alpha value is -0.160. The molecule has 0 bridgehead atoms. The van der Waals surface area contributed by atoms with Gasteiger partial charge in [-0.25, -0.2) is 0 Å². The summed E-state index contributed by atoms with van der Waals surface area (Å²) in [6, 6.07) is 0.147. The standard InChI is InChI=1S/C10H23NO3/c1-10(2,3)9(4-5-12)11-6-8(14)7-13/h8-9,11-14H,4-7H2,1-3H3/t8-,9?/m0/s1. The molecule has 2 atom stereocenters. The van der Waals surface area contributed by atoms with Crippen molar-refractivity contribution in [1.29, 1.82) is 0 Å². The number of rotatable bonds is 6. The molecule has 0 aromatic rings. The molecule has 0 aliphatic heterocycles. The van der Waals surface area contributed by atoms with Crippen molar-refractivity contribution in [1.82, 2.24) is 5.32 Å². The lowest BCUT2D eigenvalue weighted by molar-refractivity contribution is 0.0835. The Morgan fingerprint density at radius 2 is 1.79 bits per heavy atom. The summed E-state index contributed by atoms with van der Waals surface area (Å²) in [5.41, 5.74) is 0.0396. The van der Waals surface area contributed by atoms with Crippen LogP contribution in [-0.4, -0.2) is 47.2 Å². The minimum atomic E-state index is -0.724. The predicted molar refractivity (Wildman–Crippen MR) is 56.0 cm³/mol. The van der Waals surface area contributed by atoms with Crippen molar-refractivity contribution < 1.29 is 15.3 Å². The number of nitrogens with one attached hydrogen (secondary N) is 1. The molecule has 0 aromatic carbocycles. The zero-order valence-electron chi connectivity index (χ0n) is 9.32. The van der Waals surface area contributed by atoms with Crippen LogP contribution >= 0.6 is 0 Å². The maximum absolute atomic E-state index is 9.17. The third-order valence-corrected chi connectivity index (χ3v) is 2.27. The highest BCUT2D eigenvalue weighted by Gasteiger charge is 2.23. The molecule has 0 spiro atoms. The minimum absolute atomic E-state index is 0.0396. The van der Waals surface area contributed by atoms with Gasteiger partial charge in [0.15, 0.2) is 0 Å². The normalized spacial score (nSPS) is 16.7. The molecule has 4 nitrogen and oxygen atoms in total. The molecule has 1 unspecified atom stereocenters. The van der Waals surface area contributed by atoms with Crippen LogP contribution < -0.4 is 5.32 Å². The fourth-order valence-electron chi connectivity index (χ4n) is 1.31. The summed E-state index contributed by atoms with van der Waals surface area (Å²) < 4.78 is 0. The summed E-state index contributed by atoms with van der Waals surface area (Å²) in [6.45, 7) is 6.48. The molecular formula is C10H23NO3. The highest BCUT2D eigenvalue weighted by Crippen LogP contribution is 2.21. The maximum Gasteiger partial charge on any atom is 0.0895 e. The second kappa shape index (κ2) is 6.35. The minimum Gasteiger partial charge on any atom is -0.396 e. The molecule has 0 aromatic heterocycles. The molecule has 0 amide bonds. The van der Waals surface area contributed by atoms with Gasteiger partial charge in [0.2, 0.25) is 0 Å². The van der Waals surface area contributed by atoms with Crippen LogP contribution in [0.1, 0.15) is 27.2 Å². The summed E-state index contributed by atoms with van der Waals surface area (Å²) in [4.78, 5) is 0. The van der Waals surface area contributed by atoms with Crippen LogP contribution in [0.4, 0.5) is 0 Å². The van der Waals surface area contributed by atoms with Crippen LogP contribution in [0.3, 0.4) is 0 Å². The summed E-state index contributed by atoms with van der Waals surface area (Å²) in [6.07, 6.45) is -0.0692. The second-order valence-electron chi connectivity index (χ2n) is 4.68. The monoisotopic (exact) mass is 205 g/mol. The van der Waals surface area contributed by atoms with E-state index in [1.165, 1.54) is 0 Å². The van der Waals surface area contributed by atoms with Gasteiger partial charge in [0.05, 0.1) is 12.7 Å². The van der Waals surface area contributed by atoms with Crippen molar-refractivity contribution in [3.05, 3.63) is 0 Å². The maximum atomic E-state index is 9.17. The van der Waals surface area contributed by atoms with Gasteiger partial charge in [-0.2, -0.15) is 0 Å². The predicted octanol–water partition coefficient (Wildman–Crippen LogP) is -0.274. The SMILES string of the molecule is CC(C)(C)C(CCO)NC[C@H](O)CO. The topological polar surface area (TPSA) is 72.7 Å². The molecule has 0 aliphatic carbocycles. The van der Waals surface area contributed by atoms with Gasteiger partial charge in [0.25, 0.3) is 0 Å². The van der Waals surface area contributed by atoms with Gasteiger partial charge in [-0.3, -0.25) is 0 Å². The van der Waals surface area contributed by atoms with Crippen molar-refractivity contribution in [3.8, 4) is 0 Å². The highest BCUT2D eigenvalue weighted by atomic mass is 16.3. The Balaban J connectivity index is 3.98. The summed E-state index contributed by atoms with van der Waals surface area (Å²) in [5.74, 6) is 0. The number of aliphatic hydroxyl groups is 3. The van der Waals surface area contributed by atoms with Crippen LogP contribution in [0.2, 0.25) is 0 Å². The molecule has 0 rings (SSSR count). The van der Waals surface area contributed by atoms with E-state index in [-0.39, 0.29) is 24.7 Å². The van der Waals surface area contributed by atoms with Gasteiger partial charge < -0.3 is 20.6 Å². The largest absolute Gasteiger partial charge is 0.396 e. The third kappa shape index (κ3) is 5.54. The fourth-order valence-corrected chi connectivity index (χ4v) is 1.31. The van der Waals surface area contributed by atoms with Crippen molar-refractivity contribution in [2.24, 2.45) is 5.41 Å². The molecule has 0 heterocycles. The van der Waals surface area contributed by atoms with E-state index in [1.807, 2.05) is 0 Å². The summed E-state index contributed by atoms with van der Waals surface area (Å²) in [5, 5.41) is 29.8. The average molecular weight is 205 g/mol. The molecule has 0 fully saturated rings.